The summed E-state index contributed by atoms with van der Waals surface area (Å²) < 4.78 is 0. The number of carbonyl (C=O) groups excluding carboxylic acids is 2. The number of amides is 2. The Morgan fingerprint density at radius 1 is 1.40 bits per heavy atom. The van der Waals surface area contributed by atoms with Gasteiger partial charge in [-0.25, -0.2) is 0 Å². The normalized spacial score (nSPS) is 21.4. The van der Waals surface area contributed by atoms with Crippen molar-refractivity contribution in [2.24, 2.45) is 5.92 Å². The van der Waals surface area contributed by atoms with Crippen molar-refractivity contribution in [1.82, 2.24) is 16.0 Å². The van der Waals surface area contributed by atoms with Crippen LogP contribution in [0.2, 0.25) is 5.02 Å². The lowest BCUT2D eigenvalue weighted by Crippen LogP contribution is -2.54. The molecule has 3 N–H and O–H groups in total. The molecule has 0 spiro atoms. The van der Waals surface area contributed by atoms with E-state index in [1.54, 1.807) is 36.0 Å². The number of halogens is 1. The molecule has 1 saturated heterocycles. The largest absolute Gasteiger partial charge is 0.351 e. The standard InChI is InChI=1S/C18H26ClN3O2S/c1-12-11-20-9-7-15(12)21-18(24)16(8-10-25-2)22-17(23)13-5-3-4-6-14(13)19/h3-6,12,15-16,20H,7-11H2,1-2H3,(H,21,24)(H,22,23). The third kappa shape index (κ3) is 5.90. The van der Waals surface area contributed by atoms with Gasteiger partial charge in [-0.2, -0.15) is 11.8 Å². The maximum atomic E-state index is 12.7. The quantitative estimate of drug-likeness (QED) is 0.675. The minimum Gasteiger partial charge on any atom is -0.351 e. The first-order valence-corrected chi connectivity index (χ1v) is 10.4. The minimum atomic E-state index is -0.557. The predicted octanol–water partition coefficient (Wildman–Crippen LogP) is 2.31. The number of hydrogen-bond donors (Lipinski definition) is 3. The molecule has 2 rings (SSSR count). The molecule has 0 aliphatic carbocycles. The first-order valence-electron chi connectivity index (χ1n) is 8.58. The fourth-order valence-corrected chi connectivity index (χ4v) is 3.59. The molecular formula is C18H26ClN3O2S. The van der Waals surface area contributed by atoms with E-state index < -0.39 is 6.04 Å². The number of piperidine rings is 1. The van der Waals surface area contributed by atoms with Crippen molar-refractivity contribution in [1.29, 1.82) is 0 Å². The van der Waals surface area contributed by atoms with Gasteiger partial charge < -0.3 is 16.0 Å². The summed E-state index contributed by atoms with van der Waals surface area (Å²) in [5.41, 5.74) is 0.390. The van der Waals surface area contributed by atoms with E-state index in [4.69, 9.17) is 11.6 Å². The van der Waals surface area contributed by atoms with Crippen molar-refractivity contribution in [3.8, 4) is 0 Å². The van der Waals surface area contributed by atoms with Crippen molar-refractivity contribution in [2.45, 2.75) is 31.8 Å². The average molecular weight is 384 g/mol. The molecule has 0 bridgehead atoms. The van der Waals surface area contributed by atoms with Gasteiger partial charge in [-0.05, 0) is 56.0 Å². The summed E-state index contributed by atoms with van der Waals surface area (Å²) in [6.45, 7) is 3.92. The lowest BCUT2D eigenvalue weighted by molar-refractivity contribution is -0.124. The molecule has 1 heterocycles. The first-order chi connectivity index (χ1) is 12.0. The molecule has 25 heavy (non-hydrogen) atoms. The Balaban J connectivity index is 2.03. The fraction of sp³-hybridized carbons (Fsp3) is 0.556. The number of carbonyl (C=O) groups is 2. The molecule has 5 nitrogen and oxygen atoms in total. The summed E-state index contributed by atoms with van der Waals surface area (Å²) in [5, 5.41) is 9.67. The zero-order chi connectivity index (χ0) is 18.2. The van der Waals surface area contributed by atoms with E-state index in [2.05, 4.69) is 22.9 Å². The first kappa shape index (κ1) is 20.1. The van der Waals surface area contributed by atoms with Gasteiger partial charge in [0.1, 0.15) is 6.04 Å². The van der Waals surface area contributed by atoms with Crippen LogP contribution in [0.1, 0.15) is 30.1 Å². The second kappa shape index (κ2) is 10.0. The molecule has 0 saturated carbocycles. The van der Waals surface area contributed by atoms with Crippen molar-refractivity contribution in [2.75, 3.05) is 25.1 Å². The van der Waals surface area contributed by atoms with Crippen molar-refractivity contribution in [3.05, 3.63) is 34.9 Å². The topological polar surface area (TPSA) is 70.2 Å². The van der Waals surface area contributed by atoms with Gasteiger partial charge in [0.2, 0.25) is 5.91 Å². The van der Waals surface area contributed by atoms with Gasteiger partial charge in [0, 0.05) is 6.04 Å². The SMILES string of the molecule is CSCCC(NC(=O)c1ccccc1Cl)C(=O)NC1CCNCC1C. The van der Waals surface area contributed by atoms with E-state index in [1.807, 2.05) is 6.26 Å². The summed E-state index contributed by atoms with van der Waals surface area (Å²) in [4.78, 5) is 25.2. The van der Waals surface area contributed by atoms with Crippen LogP contribution in [-0.2, 0) is 4.79 Å². The molecule has 1 aromatic carbocycles. The van der Waals surface area contributed by atoms with Crippen LogP contribution in [0.4, 0.5) is 0 Å². The highest BCUT2D eigenvalue weighted by Gasteiger charge is 2.27. The lowest BCUT2D eigenvalue weighted by Gasteiger charge is -2.31. The van der Waals surface area contributed by atoms with Crippen LogP contribution in [-0.4, -0.2) is 49.0 Å². The number of nitrogens with one attached hydrogen (secondary N) is 3. The van der Waals surface area contributed by atoms with Gasteiger partial charge in [-0.3, -0.25) is 9.59 Å². The lowest BCUT2D eigenvalue weighted by atomic mass is 9.95. The van der Waals surface area contributed by atoms with Crippen molar-refractivity contribution >= 4 is 35.2 Å². The van der Waals surface area contributed by atoms with E-state index in [0.717, 1.165) is 25.3 Å². The number of thioether (sulfide) groups is 1. The maximum Gasteiger partial charge on any atom is 0.253 e. The summed E-state index contributed by atoms with van der Waals surface area (Å²) in [6, 6.07) is 6.45. The van der Waals surface area contributed by atoms with Crippen LogP contribution in [0.3, 0.4) is 0 Å². The van der Waals surface area contributed by atoms with Crippen LogP contribution >= 0.6 is 23.4 Å². The summed E-state index contributed by atoms with van der Waals surface area (Å²) in [5.74, 6) is 0.736. The van der Waals surface area contributed by atoms with E-state index in [0.29, 0.717) is 22.9 Å². The summed E-state index contributed by atoms with van der Waals surface area (Å²) >= 11 is 7.74. The van der Waals surface area contributed by atoms with Gasteiger partial charge in [-0.15, -0.1) is 0 Å². The van der Waals surface area contributed by atoms with Gasteiger partial charge >= 0.3 is 0 Å². The molecule has 1 aromatic rings. The predicted molar refractivity (Wildman–Crippen MR) is 104 cm³/mol. The number of benzene rings is 1. The molecule has 0 radical (unpaired) electrons. The monoisotopic (exact) mass is 383 g/mol. The van der Waals surface area contributed by atoms with Crippen LogP contribution in [0.5, 0.6) is 0 Å². The Hall–Kier alpha value is -1.24. The Kier molecular flexibility index (Phi) is 8.06. The zero-order valence-corrected chi connectivity index (χ0v) is 16.3. The Bertz CT molecular complexity index is 599. The van der Waals surface area contributed by atoms with Crippen LogP contribution in [0.25, 0.3) is 0 Å². The molecule has 3 atom stereocenters. The number of hydrogen-bond acceptors (Lipinski definition) is 4. The van der Waals surface area contributed by atoms with E-state index in [-0.39, 0.29) is 17.9 Å². The van der Waals surface area contributed by atoms with Crippen LogP contribution < -0.4 is 16.0 Å². The van der Waals surface area contributed by atoms with Gasteiger partial charge in [0.05, 0.1) is 10.6 Å². The molecule has 0 aromatic heterocycles. The highest BCUT2D eigenvalue weighted by molar-refractivity contribution is 7.98. The highest BCUT2D eigenvalue weighted by atomic mass is 35.5. The molecule has 1 aliphatic heterocycles. The van der Waals surface area contributed by atoms with E-state index in [9.17, 15) is 9.59 Å². The van der Waals surface area contributed by atoms with Gasteiger partial charge in [0.25, 0.3) is 5.91 Å². The van der Waals surface area contributed by atoms with Crippen LogP contribution in [0.15, 0.2) is 24.3 Å². The second-order valence-corrected chi connectivity index (χ2v) is 7.77. The molecule has 3 unspecified atom stereocenters. The van der Waals surface area contributed by atoms with E-state index in [1.165, 1.54) is 0 Å². The molecule has 7 heteroatoms. The van der Waals surface area contributed by atoms with Gasteiger partial charge in [0.15, 0.2) is 0 Å². The van der Waals surface area contributed by atoms with Crippen molar-refractivity contribution < 1.29 is 9.59 Å². The highest BCUT2D eigenvalue weighted by Crippen LogP contribution is 2.16. The minimum absolute atomic E-state index is 0.117. The second-order valence-electron chi connectivity index (χ2n) is 6.37. The Morgan fingerprint density at radius 3 is 2.84 bits per heavy atom. The zero-order valence-electron chi connectivity index (χ0n) is 14.7. The molecule has 138 valence electrons. The number of rotatable bonds is 7. The average Bonchev–Trinajstić information content (AvgIpc) is 2.60. The Morgan fingerprint density at radius 2 is 2.16 bits per heavy atom. The summed E-state index contributed by atoms with van der Waals surface area (Å²) in [7, 11) is 0. The molecular weight excluding hydrogens is 358 g/mol. The third-order valence-electron chi connectivity index (χ3n) is 4.46. The van der Waals surface area contributed by atoms with Gasteiger partial charge in [-0.1, -0.05) is 30.7 Å². The third-order valence-corrected chi connectivity index (χ3v) is 5.44. The van der Waals surface area contributed by atoms with Crippen LogP contribution in [0, 0.1) is 5.92 Å². The fourth-order valence-electron chi connectivity index (χ4n) is 2.90. The molecule has 1 aliphatic rings. The van der Waals surface area contributed by atoms with E-state index >= 15 is 0 Å². The van der Waals surface area contributed by atoms with Crippen molar-refractivity contribution in [3.63, 3.8) is 0 Å². The summed E-state index contributed by atoms with van der Waals surface area (Å²) in [6.07, 6.45) is 3.48. The Labute approximate surface area is 158 Å². The molecule has 2 amide bonds. The smallest absolute Gasteiger partial charge is 0.253 e. The maximum absolute atomic E-state index is 12.7. The molecule has 1 fully saturated rings.